The molecule has 0 saturated carbocycles. The molecule has 0 bridgehead atoms. The molecule has 1 rings (SSSR count). The van der Waals surface area contributed by atoms with Crippen molar-refractivity contribution in [3.05, 3.63) is 23.7 Å². The molecule has 0 fully saturated rings. The van der Waals surface area contributed by atoms with Gasteiger partial charge in [0.05, 0.1) is 12.6 Å². The fraction of sp³-hybridized carbons (Fsp3) is 0.667. The Kier molecular flexibility index (Phi) is 6.23. The van der Waals surface area contributed by atoms with Gasteiger partial charge in [0.2, 0.25) is 5.91 Å². The minimum atomic E-state index is -0.109. The van der Waals surface area contributed by atoms with Crippen molar-refractivity contribution < 1.29 is 9.21 Å². The Morgan fingerprint density at radius 2 is 2.05 bits per heavy atom. The van der Waals surface area contributed by atoms with Crippen molar-refractivity contribution in [2.24, 2.45) is 5.73 Å². The van der Waals surface area contributed by atoms with E-state index in [0.29, 0.717) is 6.54 Å². The zero-order valence-corrected chi connectivity index (χ0v) is 13.2. The van der Waals surface area contributed by atoms with Crippen LogP contribution in [0.5, 0.6) is 0 Å². The Balaban J connectivity index is 2.97. The highest BCUT2D eigenvalue weighted by Gasteiger charge is 2.28. The van der Waals surface area contributed by atoms with Crippen molar-refractivity contribution in [3.63, 3.8) is 0 Å². The van der Waals surface area contributed by atoms with Crippen LogP contribution in [0.3, 0.4) is 0 Å². The summed E-state index contributed by atoms with van der Waals surface area (Å²) in [5.41, 5.74) is 6.13. The summed E-state index contributed by atoms with van der Waals surface area (Å²) in [5, 5.41) is 0. The number of carbonyl (C=O) groups is 1. The number of aryl methyl sites for hydroxylation is 1. The van der Waals surface area contributed by atoms with E-state index in [-0.39, 0.29) is 18.0 Å². The second-order valence-corrected chi connectivity index (χ2v) is 5.51. The third-order valence-electron chi connectivity index (χ3n) is 3.29. The Hall–Kier alpha value is -1.33. The molecule has 20 heavy (non-hydrogen) atoms. The monoisotopic (exact) mass is 281 g/mol. The average molecular weight is 281 g/mol. The number of likely N-dealkylation sites (N-methyl/N-ethyl adjacent to an activating group) is 1. The molecular formula is C15H27N3O2. The lowest BCUT2D eigenvalue weighted by Gasteiger charge is -2.32. The molecule has 2 unspecified atom stereocenters. The normalized spacial score (nSPS) is 14.3. The van der Waals surface area contributed by atoms with Gasteiger partial charge in [0.15, 0.2) is 0 Å². The number of hydrogen-bond donors (Lipinski definition) is 1. The van der Waals surface area contributed by atoms with Crippen molar-refractivity contribution >= 4 is 5.91 Å². The minimum Gasteiger partial charge on any atom is -0.465 e. The summed E-state index contributed by atoms with van der Waals surface area (Å²) in [5.74, 6) is 1.77. The number of amides is 1. The van der Waals surface area contributed by atoms with E-state index < -0.39 is 0 Å². The highest BCUT2D eigenvalue weighted by atomic mass is 16.3. The quantitative estimate of drug-likeness (QED) is 0.827. The number of nitrogens with two attached hydrogens (primary N) is 1. The molecule has 1 amide bonds. The van der Waals surface area contributed by atoms with Gasteiger partial charge < -0.3 is 15.1 Å². The second-order valence-electron chi connectivity index (χ2n) is 5.51. The van der Waals surface area contributed by atoms with E-state index in [1.165, 1.54) is 0 Å². The molecule has 0 aliphatic rings. The van der Waals surface area contributed by atoms with Crippen LogP contribution in [-0.2, 0) is 4.79 Å². The van der Waals surface area contributed by atoms with Gasteiger partial charge in [0, 0.05) is 20.1 Å². The van der Waals surface area contributed by atoms with Crippen molar-refractivity contribution in [1.29, 1.82) is 0 Å². The number of furan rings is 1. The molecule has 5 heteroatoms. The first-order chi connectivity index (χ1) is 9.36. The van der Waals surface area contributed by atoms with Crippen LogP contribution in [-0.4, -0.2) is 48.9 Å². The van der Waals surface area contributed by atoms with E-state index in [1.807, 2.05) is 26.0 Å². The molecule has 1 aromatic rings. The van der Waals surface area contributed by atoms with Crippen molar-refractivity contribution in [2.75, 3.05) is 27.2 Å². The fourth-order valence-electron chi connectivity index (χ4n) is 2.30. The summed E-state index contributed by atoms with van der Waals surface area (Å²) < 4.78 is 5.73. The first-order valence-electron chi connectivity index (χ1n) is 7.13. The molecule has 114 valence electrons. The fourth-order valence-corrected chi connectivity index (χ4v) is 2.30. The number of rotatable bonds is 7. The molecule has 0 aliphatic carbocycles. The molecule has 0 saturated heterocycles. The zero-order chi connectivity index (χ0) is 15.3. The SMILES string of the molecule is CCCN(CC(=O)N(C)C)C(c1ccc(C)o1)C(C)N. The lowest BCUT2D eigenvalue weighted by atomic mass is 10.1. The van der Waals surface area contributed by atoms with Gasteiger partial charge in [0.1, 0.15) is 11.5 Å². The van der Waals surface area contributed by atoms with Crippen molar-refractivity contribution in [2.45, 2.75) is 39.3 Å². The maximum Gasteiger partial charge on any atom is 0.236 e. The lowest BCUT2D eigenvalue weighted by Crippen LogP contribution is -2.44. The highest BCUT2D eigenvalue weighted by molar-refractivity contribution is 5.77. The Labute approximate surface area is 121 Å². The van der Waals surface area contributed by atoms with Gasteiger partial charge in [-0.15, -0.1) is 0 Å². The molecule has 1 heterocycles. The number of nitrogens with zero attached hydrogens (tertiary/aromatic N) is 2. The maximum absolute atomic E-state index is 12.0. The van der Waals surface area contributed by atoms with Crippen molar-refractivity contribution in [3.8, 4) is 0 Å². The van der Waals surface area contributed by atoms with Crippen LogP contribution in [0, 0.1) is 6.92 Å². The largest absolute Gasteiger partial charge is 0.465 e. The predicted molar refractivity (Wildman–Crippen MR) is 80.4 cm³/mol. The topological polar surface area (TPSA) is 62.7 Å². The molecule has 1 aromatic heterocycles. The van der Waals surface area contributed by atoms with Gasteiger partial charge in [-0.25, -0.2) is 0 Å². The van der Waals surface area contributed by atoms with E-state index in [4.69, 9.17) is 10.2 Å². The Morgan fingerprint density at radius 1 is 1.40 bits per heavy atom. The highest BCUT2D eigenvalue weighted by Crippen LogP contribution is 2.25. The molecular weight excluding hydrogens is 254 g/mol. The smallest absolute Gasteiger partial charge is 0.236 e. The van der Waals surface area contributed by atoms with Gasteiger partial charge in [-0.3, -0.25) is 9.69 Å². The molecule has 0 aliphatic heterocycles. The summed E-state index contributed by atoms with van der Waals surface area (Å²) in [4.78, 5) is 15.7. The molecule has 0 aromatic carbocycles. The molecule has 0 radical (unpaired) electrons. The van der Waals surface area contributed by atoms with Crippen LogP contribution in [0.15, 0.2) is 16.5 Å². The summed E-state index contributed by atoms with van der Waals surface area (Å²) in [6.07, 6.45) is 0.962. The summed E-state index contributed by atoms with van der Waals surface area (Å²) >= 11 is 0. The minimum absolute atomic E-state index is 0.0763. The maximum atomic E-state index is 12.0. The van der Waals surface area contributed by atoms with Crippen LogP contribution in [0.25, 0.3) is 0 Å². The second kappa shape index (κ2) is 7.45. The Morgan fingerprint density at radius 3 is 2.45 bits per heavy atom. The van der Waals surface area contributed by atoms with Crippen LogP contribution in [0.1, 0.15) is 37.8 Å². The van der Waals surface area contributed by atoms with Crippen molar-refractivity contribution in [1.82, 2.24) is 9.80 Å². The number of hydrogen-bond acceptors (Lipinski definition) is 4. The van der Waals surface area contributed by atoms with Gasteiger partial charge >= 0.3 is 0 Å². The number of carbonyl (C=O) groups excluding carboxylic acids is 1. The van der Waals surface area contributed by atoms with Crippen LogP contribution >= 0.6 is 0 Å². The van der Waals surface area contributed by atoms with Crippen LogP contribution < -0.4 is 5.73 Å². The molecule has 2 atom stereocenters. The predicted octanol–water partition coefficient (Wildman–Crippen LogP) is 1.78. The van der Waals surface area contributed by atoms with Crippen LogP contribution in [0.4, 0.5) is 0 Å². The van der Waals surface area contributed by atoms with Crippen LogP contribution in [0.2, 0.25) is 0 Å². The zero-order valence-electron chi connectivity index (χ0n) is 13.2. The summed E-state index contributed by atoms with van der Waals surface area (Å²) in [6, 6.07) is 3.70. The third kappa shape index (κ3) is 4.35. The molecule has 2 N–H and O–H groups in total. The molecule has 0 spiro atoms. The first-order valence-corrected chi connectivity index (χ1v) is 7.13. The van der Waals surface area contributed by atoms with Gasteiger partial charge in [-0.1, -0.05) is 6.92 Å². The van der Waals surface area contributed by atoms with E-state index in [9.17, 15) is 4.79 Å². The summed E-state index contributed by atoms with van der Waals surface area (Å²) in [7, 11) is 3.54. The standard InChI is InChI=1S/C15H27N3O2/c1-6-9-18(10-14(19)17(4)5)15(12(3)16)13-8-7-11(2)20-13/h7-8,12,15H,6,9-10,16H2,1-5H3. The van der Waals surface area contributed by atoms with E-state index in [2.05, 4.69) is 11.8 Å². The third-order valence-corrected chi connectivity index (χ3v) is 3.29. The summed E-state index contributed by atoms with van der Waals surface area (Å²) in [6.45, 7) is 7.12. The van der Waals surface area contributed by atoms with E-state index in [0.717, 1.165) is 24.5 Å². The first kappa shape index (κ1) is 16.7. The lowest BCUT2D eigenvalue weighted by molar-refractivity contribution is -0.130. The Bertz CT molecular complexity index is 427. The van der Waals surface area contributed by atoms with Gasteiger partial charge in [-0.05, 0) is 38.9 Å². The average Bonchev–Trinajstić information content (AvgIpc) is 2.75. The molecule has 5 nitrogen and oxygen atoms in total. The van der Waals surface area contributed by atoms with E-state index in [1.54, 1.807) is 19.0 Å². The van der Waals surface area contributed by atoms with Gasteiger partial charge in [0.25, 0.3) is 0 Å². The van der Waals surface area contributed by atoms with Gasteiger partial charge in [-0.2, -0.15) is 0 Å². The van der Waals surface area contributed by atoms with E-state index >= 15 is 0 Å².